The second-order valence-corrected chi connectivity index (χ2v) is 8.60. The van der Waals surface area contributed by atoms with Gasteiger partial charge in [-0.25, -0.2) is 0 Å². The van der Waals surface area contributed by atoms with Crippen LogP contribution >= 0.6 is 0 Å². The molecule has 0 heterocycles. The number of rotatable bonds is 8. The Balaban J connectivity index is 2.05. The van der Waals surface area contributed by atoms with Gasteiger partial charge in [0, 0.05) is 12.5 Å². The molecule has 5 nitrogen and oxygen atoms in total. The summed E-state index contributed by atoms with van der Waals surface area (Å²) >= 11 is 0. The molecule has 5 heteroatoms. The van der Waals surface area contributed by atoms with E-state index in [-0.39, 0.29) is 17.9 Å². The third kappa shape index (κ3) is 6.30. The molecule has 1 unspecified atom stereocenters. The van der Waals surface area contributed by atoms with Gasteiger partial charge < -0.3 is 16.2 Å². The number of aliphatic hydroxyl groups excluding tert-OH is 1. The number of nitrogens with two attached hydrogens (primary N) is 1. The molecule has 1 saturated carbocycles. The molecule has 1 aromatic carbocycles. The molecular weight excluding hydrogens is 338 g/mol. The Morgan fingerprint density at radius 1 is 1.19 bits per heavy atom. The number of carbonyl (C=O) groups is 1. The lowest BCUT2D eigenvalue weighted by Crippen LogP contribution is -2.48. The number of amides is 1. The molecule has 152 valence electrons. The Labute approximate surface area is 164 Å². The molecule has 1 aliphatic rings. The van der Waals surface area contributed by atoms with Gasteiger partial charge in [-0.1, -0.05) is 57.5 Å². The fraction of sp³-hybridized carbons (Fsp3) is 0.682. The second-order valence-electron chi connectivity index (χ2n) is 8.60. The molecule has 1 aromatic rings. The fourth-order valence-corrected chi connectivity index (χ4v) is 4.27. The van der Waals surface area contributed by atoms with E-state index in [9.17, 15) is 9.90 Å². The second kappa shape index (κ2) is 10.2. The highest BCUT2D eigenvalue weighted by Gasteiger charge is 2.35. The molecule has 1 amide bonds. The van der Waals surface area contributed by atoms with Gasteiger partial charge in [0.15, 0.2) is 0 Å². The van der Waals surface area contributed by atoms with Crippen LogP contribution in [0.4, 0.5) is 0 Å². The molecular formula is C22H37N3O2. The summed E-state index contributed by atoms with van der Waals surface area (Å²) in [4.78, 5) is 12.1. The van der Waals surface area contributed by atoms with Crippen LogP contribution in [0, 0.1) is 23.7 Å². The van der Waals surface area contributed by atoms with E-state index >= 15 is 0 Å². The minimum absolute atomic E-state index is 0.188. The SMILES string of the molecule is CC(C)[C@@H]1CC[C@@H](C)C[C@H]1[C@H](O)NCC(NC(=O)[C@@H](C)N)c1ccccc1. The summed E-state index contributed by atoms with van der Waals surface area (Å²) in [5.74, 6) is 1.78. The standard InChI is InChI=1S/C22H37N3O2/c1-14(2)18-11-10-15(3)12-19(18)22(27)24-13-20(25-21(26)16(4)23)17-8-6-5-7-9-17/h5-9,14-16,18-20,22,24,27H,10-13,23H2,1-4H3,(H,25,26)/t15-,16-,18+,19-,20?,22+/m1/s1. The first-order valence-corrected chi connectivity index (χ1v) is 10.3. The fourth-order valence-electron chi connectivity index (χ4n) is 4.27. The van der Waals surface area contributed by atoms with Crippen LogP contribution in [0.3, 0.4) is 0 Å². The highest BCUT2D eigenvalue weighted by atomic mass is 16.3. The number of hydrogen-bond donors (Lipinski definition) is 4. The van der Waals surface area contributed by atoms with Crippen molar-refractivity contribution in [2.45, 2.75) is 65.3 Å². The van der Waals surface area contributed by atoms with Gasteiger partial charge in [-0.05, 0) is 43.1 Å². The Bertz CT molecular complexity index is 576. The Kier molecular flexibility index (Phi) is 8.27. The van der Waals surface area contributed by atoms with Gasteiger partial charge in [0.1, 0.15) is 6.23 Å². The number of aliphatic hydroxyl groups is 1. The zero-order chi connectivity index (χ0) is 20.0. The summed E-state index contributed by atoms with van der Waals surface area (Å²) < 4.78 is 0. The van der Waals surface area contributed by atoms with Gasteiger partial charge in [-0.15, -0.1) is 0 Å². The number of carbonyl (C=O) groups excluding carboxylic acids is 1. The summed E-state index contributed by atoms with van der Waals surface area (Å²) in [6.45, 7) is 8.91. The van der Waals surface area contributed by atoms with E-state index in [4.69, 9.17) is 5.73 Å². The normalized spacial score (nSPS) is 26.4. The molecule has 0 aromatic heterocycles. The van der Waals surface area contributed by atoms with Crippen molar-refractivity contribution in [3.8, 4) is 0 Å². The zero-order valence-corrected chi connectivity index (χ0v) is 17.2. The summed E-state index contributed by atoms with van der Waals surface area (Å²) in [5.41, 5.74) is 6.72. The number of nitrogens with one attached hydrogen (secondary N) is 2. The van der Waals surface area contributed by atoms with E-state index < -0.39 is 12.3 Å². The maximum absolute atomic E-state index is 12.1. The molecule has 2 rings (SSSR count). The molecule has 0 spiro atoms. The van der Waals surface area contributed by atoms with E-state index in [1.165, 1.54) is 12.8 Å². The van der Waals surface area contributed by atoms with Gasteiger partial charge in [-0.2, -0.15) is 0 Å². The van der Waals surface area contributed by atoms with Crippen molar-refractivity contribution in [1.82, 2.24) is 10.6 Å². The highest BCUT2D eigenvalue weighted by Crippen LogP contribution is 2.39. The lowest BCUT2D eigenvalue weighted by Gasteiger charge is -2.40. The van der Waals surface area contributed by atoms with E-state index in [1.807, 2.05) is 30.3 Å². The zero-order valence-electron chi connectivity index (χ0n) is 17.2. The lowest BCUT2D eigenvalue weighted by atomic mass is 9.69. The minimum Gasteiger partial charge on any atom is -0.378 e. The first-order chi connectivity index (χ1) is 12.8. The molecule has 1 fully saturated rings. The van der Waals surface area contributed by atoms with Crippen LogP contribution in [-0.2, 0) is 4.79 Å². The predicted molar refractivity (Wildman–Crippen MR) is 110 cm³/mol. The van der Waals surface area contributed by atoms with Crippen molar-refractivity contribution in [3.05, 3.63) is 35.9 Å². The third-order valence-electron chi connectivity index (χ3n) is 5.94. The Hall–Kier alpha value is -1.43. The first kappa shape index (κ1) is 21.9. The predicted octanol–water partition coefficient (Wildman–Crippen LogP) is 2.81. The molecule has 0 bridgehead atoms. The van der Waals surface area contributed by atoms with Crippen molar-refractivity contribution in [3.63, 3.8) is 0 Å². The smallest absolute Gasteiger partial charge is 0.237 e. The third-order valence-corrected chi connectivity index (χ3v) is 5.94. The van der Waals surface area contributed by atoms with Crippen molar-refractivity contribution >= 4 is 5.91 Å². The van der Waals surface area contributed by atoms with Crippen LogP contribution in [0.2, 0.25) is 0 Å². The monoisotopic (exact) mass is 375 g/mol. The lowest BCUT2D eigenvalue weighted by molar-refractivity contribution is -0.122. The highest BCUT2D eigenvalue weighted by molar-refractivity contribution is 5.81. The van der Waals surface area contributed by atoms with E-state index in [2.05, 4.69) is 31.4 Å². The maximum atomic E-state index is 12.1. The van der Waals surface area contributed by atoms with E-state index in [1.54, 1.807) is 6.92 Å². The first-order valence-electron chi connectivity index (χ1n) is 10.3. The quantitative estimate of drug-likeness (QED) is 0.526. The molecule has 5 N–H and O–H groups in total. The summed E-state index contributed by atoms with van der Waals surface area (Å²) in [5, 5.41) is 17.2. The molecule has 0 radical (unpaired) electrons. The van der Waals surface area contributed by atoms with Crippen molar-refractivity contribution < 1.29 is 9.90 Å². The van der Waals surface area contributed by atoms with Crippen molar-refractivity contribution in [2.75, 3.05) is 6.54 Å². The summed E-state index contributed by atoms with van der Waals surface area (Å²) in [6.07, 6.45) is 2.88. The van der Waals surface area contributed by atoms with Gasteiger partial charge in [0.25, 0.3) is 0 Å². The summed E-state index contributed by atoms with van der Waals surface area (Å²) in [7, 11) is 0. The van der Waals surface area contributed by atoms with E-state index in [0.29, 0.717) is 24.3 Å². The van der Waals surface area contributed by atoms with Gasteiger partial charge in [-0.3, -0.25) is 10.1 Å². The van der Waals surface area contributed by atoms with Crippen LogP contribution in [-0.4, -0.2) is 29.8 Å². The topological polar surface area (TPSA) is 87.4 Å². The minimum atomic E-state index is -0.571. The molecule has 0 aliphatic heterocycles. The maximum Gasteiger partial charge on any atom is 0.237 e. The number of hydrogen-bond acceptors (Lipinski definition) is 4. The average molecular weight is 376 g/mol. The Morgan fingerprint density at radius 2 is 1.85 bits per heavy atom. The van der Waals surface area contributed by atoms with Crippen molar-refractivity contribution in [1.29, 1.82) is 0 Å². The van der Waals surface area contributed by atoms with Gasteiger partial charge >= 0.3 is 0 Å². The summed E-state index contributed by atoms with van der Waals surface area (Å²) in [6, 6.07) is 9.04. The largest absolute Gasteiger partial charge is 0.378 e. The van der Waals surface area contributed by atoms with Crippen LogP contribution in [0.25, 0.3) is 0 Å². The van der Waals surface area contributed by atoms with E-state index in [0.717, 1.165) is 12.0 Å². The van der Waals surface area contributed by atoms with Crippen LogP contribution in [0.1, 0.15) is 58.6 Å². The van der Waals surface area contributed by atoms with Crippen LogP contribution < -0.4 is 16.4 Å². The molecule has 6 atom stereocenters. The van der Waals surface area contributed by atoms with Crippen LogP contribution in [0.5, 0.6) is 0 Å². The van der Waals surface area contributed by atoms with Crippen molar-refractivity contribution in [2.24, 2.45) is 29.4 Å². The molecule has 1 aliphatic carbocycles. The van der Waals surface area contributed by atoms with Gasteiger partial charge in [0.2, 0.25) is 5.91 Å². The molecule has 0 saturated heterocycles. The van der Waals surface area contributed by atoms with Crippen LogP contribution in [0.15, 0.2) is 30.3 Å². The number of benzene rings is 1. The Morgan fingerprint density at radius 3 is 2.44 bits per heavy atom. The average Bonchev–Trinajstić information content (AvgIpc) is 2.64. The molecule has 27 heavy (non-hydrogen) atoms. The van der Waals surface area contributed by atoms with Gasteiger partial charge in [0.05, 0.1) is 12.1 Å².